The van der Waals surface area contributed by atoms with E-state index in [4.69, 9.17) is 9.47 Å². The van der Waals surface area contributed by atoms with Gasteiger partial charge in [0.05, 0.1) is 18.8 Å². The molecule has 0 aromatic heterocycles. The summed E-state index contributed by atoms with van der Waals surface area (Å²) in [5.74, 6) is 0.766. The van der Waals surface area contributed by atoms with Gasteiger partial charge in [-0.2, -0.15) is 5.26 Å². The quantitative estimate of drug-likeness (QED) is 0.777. The van der Waals surface area contributed by atoms with Gasteiger partial charge >= 0.3 is 0 Å². The highest BCUT2D eigenvalue weighted by Gasteiger charge is 2.10. The van der Waals surface area contributed by atoms with E-state index in [1.54, 1.807) is 14.2 Å². The maximum atomic E-state index is 9.39. The van der Waals surface area contributed by atoms with E-state index in [9.17, 15) is 5.26 Å². The van der Waals surface area contributed by atoms with E-state index in [2.05, 4.69) is 6.07 Å². The third kappa shape index (κ3) is 3.71. The van der Waals surface area contributed by atoms with Crippen LogP contribution in [0.5, 0.6) is 5.75 Å². The highest BCUT2D eigenvalue weighted by Crippen LogP contribution is 2.24. The molecular weight excluding hydrogens is 262 g/mol. The number of nitrogens with zero attached hydrogens (tertiary/aromatic N) is 1. The molecule has 2 rings (SSSR count). The maximum Gasteiger partial charge on any atom is 0.118 e. The summed E-state index contributed by atoms with van der Waals surface area (Å²) >= 11 is 0. The molecule has 0 aliphatic carbocycles. The van der Waals surface area contributed by atoms with Crippen molar-refractivity contribution >= 4 is 5.57 Å². The SMILES string of the molecule is COc1ccc(/C(C#N)=C/C(OC)c2ccccc2)cc1. The van der Waals surface area contributed by atoms with Crippen molar-refractivity contribution in [3.63, 3.8) is 0 Å². The van der Waals surface area contributed by atoms with E-state index in [0.29, 0.717) is 5.57 Å². The van der Waals surface area contributed by atoms with Crippen molar-refractivity contribution in [1.29, 1.82) is 5.26 Å². The molecule has 1 atom stereocenters. The Morgan fingerprint density at radius 1 is 1.05 bits per heavy atom. The lowest BCUT2D eigenvalue weighted by Gasteiger charge is -2.12. The molecule has 2 aromatic rings. The van der Waals surface area contributed by atoms with Crippen molar-refractivity contribution in [2.24, 2.45) is 0 Å². The molecule has 0 heterocycles. The van der Waals surface area contributed by atoms with Crippen molar-refractivity contribution in [2.75, 3.05) is 14.2 Å². The second-order valence-electron chi connectivity index (χ2n) is 4.49. The van der Waals surface area contributed by atoms with E-state index in [1.165, 1.54) is 0 Å². The number of hydrogen-bond donors (Lipinski definition) is 0. The molecule has 106 valence electrons. The maximum absolute atomic E-state index is 9.39. The summed E-state index contributed by atoms with van der Waals surface area (Å²) in [6.07, 6.45) is 1.58. The lowest BCUT2D eigenvalue weighted by atomic mass is 10.0. The van der Waals surface area contributed by atoms with Gasteiger partial charge in [-0.25, -0.2) is 0 Å². The zero-order chi connectivity index (χ0) is 15.1. The number of rotatable bonds is 5. The van der Waals surface area contributed by atoms with Crippen LogP contribution in [-0.2, 0) is 4.74 Å². The third-order valence-corrected chi connectivity index (χ3v) is 3.22. The van der Waals surface area contributed by atoms with Crippen LogP contribution in [0, 0.1) is 11.3 Å². The average molecular weight is 279 g/mol. The smallest absolute Gasteiger partial charge is 0.118 e. The lowest BCUT2D eigenvalue weighted by molar-refractivity contribution is 0.143. The van der Waals surface area contributed by atoms with Gasteiger partial charge in [0, 0.05) is 7.11 Å². The molecule has 1 unspecified atom stereocenters. The van der Waals surface area contributed by atoms with Crippen molar-refractivity contribution in [3.05, 3.63) is 71.8 Å². The second-order valence-corrected chi connectivity index (χ2v) is 4.49. The van der Waals surface area contributed by atoms with Gasteiger partial charge in [0.25, 0.3) is 0 Å². The van der Waals surface area contributed by atoms with Crippen LogP contribution in [-0.4, -0.2) is 14.2 Å². The minimum atomic E-state index is -0.247. The van der Waals surface area contributed by atoms with Gasteiger partial charge in [0.15, 0.2) is 0 Å². The predicted octanol–water partition coefficient (Wildman–Crippen LogP) is 3.99. The van der Waals surface area contributed by atoms with E-state index in [0.717, 1.165) is 16.9 Å². The summed E-state index contributed by atoms with van der Waals surface area (Å²) in [6.45, 7) is 0. The van der Waals surface area contributed by atoms with Gasteiger partial charge in [0.2, 0.25) is 0 Å². The van der Waals surface area contributed by atoms with Crippen molar-refractivity contribution in [3.8, 4) is 11.8 Å². The zero-order valence-electron chi connectivity index (χ0n) is 12.1. The van der Waals surface area contributed by atoms with Crippen LogP contribution < -0.4 is 4.74 Å². The predicted molar refractivity (Wildman–Crippen MR) is 82.8 cm³/mol. The van der Waals surface area contributed by atoms with Crippen LogP contribution in [0.3, 0.4) is 0 Å². The number of allylic oxidation sites excluding steroid dienone is 1. The standard InChI is InChI=1S/C18H17NO2/c1-20-17-10-8-14(9-11-17)16(13-19)12-18(21-2)15-6-4-3-5-7-15/h3-12,18H,1-2H3/b16-12+. The molecule has 0 amide bonds. The summed E-state index contributed by atoms with van der Waals surface area (Å²) < 4.78 is 10.6. The fourth-order valence-electron chi connectivity index (χ4n) is 2.06. The number of hydrogen-bond acceptors (Lipinski definition) is 3. The molecule has 0 spiro atoms. The highest BCUT2D eigenvalue weighted by molar-refractivity contribution is 5.77. The minimum Gasteiger partial charge on any atom is -0.497 e. The Morgan fingerprint density at radius 2 is 1.71 bits per heavy atom. The summed E-state index contributed by atoms with van der Waals surface area (Å²) in [5.41, 5.74) is 2.44. The molecule has 21 heavy (non-hydrogen) atoms. The molecule has 3 nitrogen and oxygen atoms in total. The molecule has 0 saturated heterocycles. The fourth-order valence-corrected chi connectivity index (χ4v) is 2.06. The van der Waals surface area contributed by atoms with Crippen LogP contribution >= 0.6 is 0 Å². The Hall–Kier alpha value is -2.57. The van der Waals surface area contributed by atoms with E-state index in [1.807, 2.05) is 60.7 Å². The number of methoxy groups -OCH3 is 2. The highest BCUT2D eigenvalue weighted by atomic mass is 16.5. The van der Waals surface area contributed by atoms with Crippen LogP contribution in [0.1, 0.15) is 17.2 Å². The van der Waals surface area contributed by atoms with Crippen LogP contribution in [0.2, 0.25) is 0 Å². The normalized spacial score (nSPS) is 12.5. The number of nitriles is 1. The molecule has 0 fully saturated rings. The van der Waals surface area contributed by atoms with Gasteiger partial charge < -0.3 is 9.47 Å². The minimum absolute atomic E-state index is 0.247. The molecule has 0 N–H and O–H groups in total. The van der Waals surface area contributed by atoms with Gasteiger partial charge in [0.1, 0.15) is 11.9 Å². The molecule has 0 radical (unpaired) electrons. The molecule has 0 saturated carbocycles. The first kappa shape index (κ1) is 14.8. The molecule has 3 heteroatoms. The Kier molecular flexibility index (Phi) is 5.14. The van der Waals surface area contributed by atoms with E-state index < -0.39 is 0 Å². The Morgan fingerprint density at radius 3 is 2.24 bits per heavy atom. The monoisotopic (exact) mass is 279 g/mol. The summed E-state index contributed by atoms with van der Waals surface area (Å²) in [4.78, 5) is 0. The fraction of sp³-hybridized carbons (Fsp3) is 0.167. The molecular formula is C18H17NO2. The van der Waals surface area contributed by atoms with Gasteiger partial charge in [-0.05, 0) is 41.5 Å². The Labute approximate surface area is 125 Å². The third-order valence-electron chi connectivity index (χ3n) is 3.22. The van der Waals surface area contributed by atoms with Crippen molar-refractivity contribution in [1.82, 2.24) is 0 Å². The molecule has 0 bridgehead atoms. The summed E-state index contributed by atoms with van der Waals surface area (Å²) in [7, 11) is 3.25. The topological polar surface area (TPSA) is 42.2 Å². The molecule has 0 aliphatic rings. The largest absolute Gasteiger partial charge is 0.497 e. The molecule has 0 aliphatic heterocycles. The first-order valence-electron chi connectivity index (χ1n) is 6.62. The molecule has 2 aromatic carbocycles. The zero-order valence-corrected chi connectivity index (χ0v) is 12.1. The van der Waals surface area contributed by atoms with Gasteiger partial charge in [-0.3, -0.25) is 0 Å². The van der Waals surface area contributed by atoms with Crippen LogP contribution in [0.25, 0.3) is 5.57 Å². The Bertz CT molecular complexity index is 639. The summed E-state index contributed by atoms with van der Waals surface area (Å²) in [5, 5.41) is 9.39. The van der Waals surface area contributed by atoms with Crippen molar-refractivity contribution < 1.29 is 9.47 Å². The Balaban J connectivity index is 2.32. The number of benzene rings is 2. The first-order chi connectivity index (χ1) is 10.3. The lowest BCUT2D eigenvalue weighted by Crippen LogP contribution is -1.99. The average Bonchev–Trinajstić information content (AvgIpc) is 2.57. The van der Waals surface area contributed by atoms with Crippen LogP contribution in [0.15, 0.2) is 60.7 Å². The van der Waals surface area contributed by atoms with E-state index >= 15 is 0 Å². The van der Waals surface area contributed by atoms with Crippen LogP contribution in [0.4, 0.5) is 0 Å². The number of ether oxygens (including phenoxy) is 2. The van der Waals surface area contributed by atoms with Gasteiger partial charge in [-0.1, -0.05) is 30.3 Å². The van der Waals surface area contributed by atoms with Gasteiger partial charge in [-0.15, -0.1) is 0 Å². The van der Waals surface area contributed by atoms with E-state index in [-0.39, 0.29) is 6.10 Å². The van der Waals surface area contributed by atoms with Crippen molar-refractivity contribution in [2.45, 2.75) is 6.10 Å². The first-order valence-corrected chi connectivity index (χ1v) is 6.62. The summed E-state index contributed by atoms with van der Waals surface area (Å²) in [6, 6.07) is 19.5. The second kappa shape index (κ2) is 7.28.